The van der Waals surface area contributed by atoms with E-state index in [4.69, 9.17) is 20.1 Å². The first-order chi connectivity index (χ1) is 15.3. The van der Waals surface area contributed by atoms with E-state index in [1.165, 1.54) is 26.9 Å². The zero-order chi connectivity index (χ0) is 24.6. The molecular weight excluding hydrogens is 511 g/mol. The zero-order valence-corrected chi connectivity index (χ0v) is 19.7. The molecule has 1 aliphatic carbocycles. The Hall–Kier alpha value is -1.32. The summed E-state index contributed by atoms with van der Waals surface area (Å²) in [7, 11) is -14.7. The van der Waals surface area contributed by atoms with Crippen LogP contribution < -0.4 is 20.4 Å². The molecule has 2 aromatic heterocycles. The van der Waals surface area contributed by atoms with Gasteiger partial charge in [-0.3, -0.25) is 13.7 Å². The molecule has 0 bridgehead atoms. The van der Waals surface area contributed by atoms with E-state index in [0.29, 0.717) is 11.2 Å². The van der Waals surface area contributed by atoms with Gasteiger partial charge in [-0.1, -0.05) is 0 Å². The predicted molar refractivity (Wildman–Crippen MR) is 102 cm³/mol. The summed E-state index contributed by atoms with van der Waals surface area (Å²) in [5.41, 5.74) is 6.56. The van der Waals surface area contributed by atoms with E-state index in [-0.39, 0.29) is 12.2 Å². The van der Waals surface area contributed by atoms with Crippen molar-refractivity contribution in [3.8, 4) is 0 Å². The van der Waals surface area contributed by atoms with Crippen molar-refractivity contribution < 1.29 is 55.9 Å². The molecule has 0 aliphatic heterocycles. The fraction of sp³-hybridized carbons (Fsp3) is 0.615. The van der Waals surface area contributed by atoms with E-state index in [2.05, 4.69) is 28.1 Å². The van der Waals surface area contributed by atoms with Crippen molar-refractivity contribution >= 4 is 40.4 Å². The van der Waals surface area contributed by atoms with Crippen molar-refractivity contribution in [3.05, 3.63) is 12.7 Å². The van der Waals surface area contributed by atoms with Gasteiger partial charge in [-0.05, 0) is 6.42 Å². The van der Waals surface area contributed by atoms with E-state index in [1.54, 1.807) is 4.57 Å². The molecule has 20 heteroatoms. The number of methoxy groups -OCH3 is 2. The van der Waals surface area contributed by atoms with E-state index in [0.717, 1.165) is 0 Å². The van der Waals surface area contributed by atoms with Crippen molar-refractivity contribution in [1.29, 1.82) is 0 Å². The third-order valence-corrected chi connectivity index (χ3v) is 8.54. The number of hydrogen-bond donors (Lipinski definition) is 2. The zero-order valence-electron chi connectivity index (χ0n) is 17.0. The number of nitrogens with two attached hydrogens (primary N) is 1. The number of phosphoric ester groups is 1. The number of aromatic nitrogens is 4. The van der Waals surface area contributed by atoms with Gasteiger partial charge in [-0.2, -0.15) is 0 Å². The van der Waals surface area contributed by atoms with Gasteiger partial charge in [0.2, 0.25) is 0 Å². The molecule has 4 unspecified atom stereocenters. The van der Waals surface area contributed by atoms with Gasteiger partial charge >= 0.3 is 0 Å². The van der Waals surface area contributed by atoms with Crippen molar-refractivity contribution in [2.45, 2.75) is 24.7 Å². The SMILES string of the molecule is COC1[C@@H](COP(=O)([O-])OP(=O)([O-])OP(=O)([O-])O)C[C@@H](n2cnc3c(N)ncnc32)[C@H]1OC. The fourth-order valence-corrected chi connectivity index (χ4v) is 6.65. The van der Waals surface area contributed by atoms with Crippen LogP contribution in [0.1, 0.15) is 12.5 Å². The number of phosphoric acid groups is 3. The van der Waals surface area contributed by atoms with E-state index < -0.39 is 54.2 Å². The highest BCUT2D eigenvalue weighted by Crippen LogP contribution is 2.61. The largest absolute Gasteiger partial charge is 0.756 e. The van der Waals surface area contributed by atoms with Crippen molar-refractivity contribution in [3.63, 3.8) is 0 Å². The molecule has 7 atom stereocenters. The minimum absolute atomic E-state index is 0.160. The van der Waals surface area contributed by atoms with Gasteiger partial charge in [-0.15, -0.1) is 0 Å². The highest BCUT2D eigenvalue weighted by atomic mass is 31.3. The van der Waals surface area contributed by atoms with Crippen molar-refractivity contribution in [2.24, 2.45) is 5.92 Å². The predicted octanol–water partition coefficient (Wildman–Crippen LogP) is -1.55. The number of nitrogen functional groups attached to an aromatic ring is 1. The summed E-state index contributed by atoms with van der Waals surface area (Å²) in [6.07, 6.45) is 1.59. The fourth-order valence-electron chi connectivity index (χ4n) is 3.71. The molecule has 186 valence electrons. The van der Waals surface area contributed by atoms with E-state index >= 15 is 0 Å². The topological polar surface area (TPSA) is 256 Å². The molecule has 0 spiro atoms. The number of fused-ring (bicyclic) bond motifs is 1. The van der Waals surface area contributed by atoms with Gasteiger partial charge in [0.05, 0.1) is 25.1 Å². The van der Waals surface area contributed by atoms with Crippen LogP contribution in [0, 0.1) is 5.92 Å². The Morgan fingerprint density at radius 1 is 1.09 bits per heavy atom. The molecule has 0 amide bonds. The Labute approximate surface area is 186 Å². The lowest BCUT2D eigenvalue weighted by Gasteiger charge is -2.33. The highest BCUT2D eigenvalue weighted by molar-refractivity contribution is 7.65. The Kier molecular flexibility index (Phi) is 7.76. The Bertz CT molecular complexity index is 1140. The second-order valence-corrected chi connectivity index (χ2v) is 11.2. The number of anilines is 1. The number of rotatable bonds is 10. The van der Waals surface area contributed by atoms with Crippen LogP contribution >= 0.6 is 23.5 Å². The van der Waals surface area contributed by atoms with E-state index in [9.17, 15) is 28.4 Å². The number of ether oxygens (including phenoxy) is 2. The first-order valence-corrected chi connectivity index (χ1v) is 13.4. The molecule has 17 nitrogen and oxygen atoms in total. The lowest BCUT2D eigenvalue weighted by molar-refractivity contribution is -0.249. The monoisotopic (exact) mass is 530 g/mol. The molecule has 2 heterocycles. The molecule has 33 heavy (non-hydrogen) atoms. The van der Waals surface area contributed by atoms with Crippen LogP contribution in [0.3, 0.4) is 0 Å². The van der Waals surface area contributed by atoms with Gasteiger partial charge in [0.15, 0.2) is 11.5 Å². The normalized spacial score (nSPS) is 28.9. The maximum Gasteiger partial charge on any atom is 0.280 e. The highest BCUT2D eigenvalue weighted by Gasteiger charge is 2.46. The van der Waals surface area contributed by atoms with Crippen LogP contribution in [0.2, 0.25) is 0 Å². The molecule has 0 aromatic carbocycles. The summed E-state index contributed by atoms with van der Waals surface area (Å²) in [4.78, 5) is 54.4. The van der Waals surface area contributed by atoms with Crippen LogP contribution in [0.15, 0.2) is 12.7 Å². The molecule has 0 saturated heterocycles. The number of nitrogens with zero attached hydrogens (tertiary/aromatic N) is 4. The van der Waals surface area contributed by atoms with Crippen molar-refractivity contribution in [1.82, 2.24) is 19.5 Å². The summed E-state index contributed by atoms with van der Waals surface area (Å²) < 4.78 is 57.9. The minimum Gasteiger partial charge on any atom is -0.756 e. The van der Waals surface area contributed by atoms with E-state index in [1.807, 2.05) is 0 Å². The second-order valence-electron chi connectivity index (χ2n) is 6.87. The lowest BCUT2D eigenvalue weighted by atomic mass is 10.1. The maximum absolute atomic E-state index is 11.9. The Morgan fingerprint density at radius 2 is 1.76 bits per heavy atom. The molecular formula is C13H19N5O12P3-3. The minimum atomic E-state index is -5.99. The van der Waals surface area contributed by atoms with Gasteiger partial charge in [0.25, 0.3) is 23.5 Å². The van der Waals surface area contributed by atoms with Crippen LogP contribution in [0.5, 0.6) is 0 Å². The maximum atomic E-state index is 11.9. The molecule has 1 saturated carbocycles. The van der Waals surface area contributed by atoms with Gasteiger partial charge < -0.3 is 43.9 Å². The summed E-state index contributed by atoms with van der Waals surface area (Å²) in [5.74, 6) is -0.504. The van der Waals surface area contributed by atoms with Crippen LogP contribution in [0.25, 0.3) is 11.2 Å². The number of hydrogen-bond acceptors (Lipinski definition) is 15. The molecule has 3 N–H and O–H groups in total. The third kappa shape index (κ3) is 6.22. The quantitative estimate of drug-likeness (QED) is 0.329. The van der Waals surface area contributed by atoms with Crippen LogP contribution in [-0.2, 0) is 36.3 Å². The molecule has 0 radical (unpaired) electrons. The third-order valence-electron chi connectivity index (χ3n) is 4.85. The van der Waals surface area contributed by atoms with Gasteiger partial charge in [0, 0.05) is 20.1 Å². The summed E-state index contributed by atoms with van der Waals surface area (Å²) in [6.45, 7) is -0.618. The molecule has 3 rings (SSSR count). The van der Waals surface area contributed by atoms with Gasteiger partial charge in [-0.25, -0.2) is 23.6 Å². The lowest BCUT2D eigenvalue weighted by Crippen LogP contribution is -2.34. The summed E-state index contributed by atoms with van der Waals surface area (Å²) >= 11 is 0. The summed E-state index contributed by atoms with van der Waals surface area (Å²) in [5, 5.41) is 0. The average molecular weight is 530 g/mol. The molecule has 2 aromatic rings. The van der Waals surface area contributed by atoms with Crippen LogP contribution in [0.4, 0.5) is 5.82 Å². The average Bonchev–Trinajstić information content (AvgIpc) is 3.24. The smallest absolute Gasteiger partial charge is 0.280 e. The summed E-state index contributed by atoms with van der Waals surface area (Å²) in [6, 6.07) is -0.463. The Morgan fingerprint density at radius 3 is 2.36 bits per heavy atom. The first kappa shape index (κ1) is 26.3. The number of imidazole rings is 1. The van der Waals surface area contributed by atoms with Crippen LogP contribution in [-0.4, -0.2) is 57.4 Å². The molecule has 1 fully saturated rings. The Balaban J connectivity index is 1.77. The van der Waals surface area contributed by atoms with Gasteiger partial charge in [0.1, 0.15) is 17.9 Å². The molecule has 1 aliphatic rings. The first-order valence-electron chi connectivity index (χ1n) is 8.98. The standard InChI is InChI=1S/C13H22N5O12P3/c1-26-10-7(4-28-32(22,23)30-33(24,25)29-31(19,20)21)3-8(11(10)27-2)18-6-17-9-12(14)15-5-16-13(9)18/h5-8,10-11H,3-4H2,1-2H3,(H,22,23)(H,24,25)(H2,14,15,16)(H2,19,20,21)/p-3/t7-,8-,10?,11-/m1/s1. The van der Waals surface area contributed by atoms with Crippen molar-refractivity contribution in [2.75, 3.05) is 26.6 Å². The second kappa shape index (κ2) is 9.74.